The second kappa shape index (κ2) is 11.7. The molecule has 2 aliphatic rings. The van der Waals surface area contributed by atoms with Crippen LogP contribution in [-0.4, -0.2) is 6.04 Å². The molecule has 0 N–H and O–H groups in total. The van der Waals surface area contributed by atoms with E-state index in [4.69, 9.17) is 0 Å². The molecular weight excluding hydrogens is 593 g/mol. The van der Waals surface area contributed by atoms with E-state index in [1.807, 2.05) is 0 Å². The van der Waals surface area contributed by atoms with E-state index in [2.05, 4.69) is 200 Å². The van der Waals surface area contributed by atoms with Crippen LogP contribution in [0.15, 0.2) is 182 Å². The molecule has 0 bridgehead atoms. The van der Waals surface area contributed by atoms with E-state index in [9.17, 15) is 0 Å². The Morgan fingerprint density at radius 2 is 1.10 bits per heavy atom. The van der Waals surface area contributed by atoms with Crippen LogP contribution in [0, 0.1) is 0 Å². The Hall–Kier alpha value is -5.86. The summed E-state index contributed by atoms with van der Waals surface area (Å²) in [5.41, 5.74) is 11.5. The van der Waals surface area contributed by atoms with E-state index >= 15 is 0 Å². The summed E-state index contributed by atoms with van der Waals surface area (Å²) in [5, 5.41) is 5.00. The van der Waals surface area contributed by atoms with Crippen molar-refractivity contribution in [3.8, 4) is 0 Å². The van der Waals surface area contributed by atoms with E-state index in [0.717, 1.165) is 12.1 Å². The number of para-hydroxylation sites is 2. The first-order valence-electron chi connectivity index (χ1n) is 17.3. The minimum atomic E-state index is -0.0846. The lowest BCUT2D eigenvalue weighted by Gasteiger charge is -2.36. The van der Waals surface area contributed by atoms with Crippen molar-refractivity contribution in [1.82, 2.24) is 0 Å². The van der Waals surface area contributed by atoms with E-state index in [-0.39, 0.29) is 11.5 Å². The van der Waals surface area contributed by atoms with Crippen molar-refractivity contribution in [3.63, 3.8) is 0 Å². The summed E-state index contributed by atoms with van der Waals surface area (Å²) >= 11 is 0. The summed E-state index contributed by atoms with van der Waals surface area (Å²) < 4.78 is 0. The van der Waals surface area contributed by atoms with Gasteiger partial charge in [-0.25, -0.2) is 0 Å². The summed E-state index contributed by atoms with van der Waals surface area (Å²) in [6, 6.07) is 59.7. The molecule has 0 heterocycles. The van der Waals surface area contributed by atoms with Crippen LogP contribution in [0.1, 0.15) is 31.4 Å². The van der Waals surface area contributed by atoms with Crippen molar-refractivity contribution in [3.05, 3.63) is 193 Å². The lowest BCUT2D eigenvalue weighted by Crippen LogP contribution is -2.31. The van der Waals surface area contributed by atoms with Gasteiger partial charge in [-0.3, -0.25) is 0 Å². The highest BCUT2D eigenvalue weighted by Gasteiger charge is 2.40. The van der Waals surface area contributed by atoms with Crippen LogP contribution >= 0.6 is 0 Å². The quantitative estimate of drug-likeness (QED) is 0.180. The molecule has 2 nitrogen and oxygen atoms in total. The fourth-order valence-electron chi connectivity index (χ4n) is 8.25. The SMILES string of the molecule is CC1(C)C2=C(CC(N(c3ccccc3)c3cccc4ccccc34)C=C2)c2cc(N(c3ccccc3)c3cccc4ccccc34)ccc21. The van der Waals surface area contributed by atoms with E-state index in [1.54, 1.807) is 0 Å². The van der Waals surface area contributed by atoms with Crippen molar-refractivity contribution in [2.75, 3.05) is 9.80 Å². The fraction of sp³-hybridized carbons (Fsp3) is 0.106. The highest BCUT2D eigenvalue weighted by atomic mass is 15.2. The zero-order valence-electron chi connectivity index (χ0n) is 27.9. The largest absolute Gasteiger partial charge is 0.334 e. The molecule has 0 fully saturated rings. The molecule has 0 aliphatic heterocycles. The maximum Gasteiger partial charge on any atom is 0.0566 e. The second-order valence-electron chi connectivity index (χ2n) is 13.8. The third kappa shape index (κ3) is 4.86. The standard InChI is InChI=1S/C47H38N2/c1-47(2)43-29-27-37(48(35-19-5-3-6-20-35)45-25-13-17-33-15-9-11-23-39(33)45)31-41(43)42-32-38(28-30-44(42)47)49(36-21-7-4-8-22-36)46-26-14-18-34-16-10-12-24-40(34)46/h3-31,38H,32H2,1-2H3. The Kier molecular flexibility index (Phi) is 6.98. The van der Waals surface area contributed by atoms with Gasteiger partial charge >= 0.3 is 0 Å². The molecule has 0 amide bonds. The first kappa shape index (κ1) is 29.3. The van der Waals surface area contributed by atoms with Crippen molar-refractivity contribution in [1.29, 1.82) is 0 Å². The molecule has 0 aromatic heterocycles. The van der Waals surface area contributed by atoms with Gasteiger partial charge in [0, 0.05) is 38.9 Å². The van der Waals surface area contributed by atoms with Gasteiger partial charge in [0.2, 0.25) is 0 Å². The molecule has 49 heavy (non-hydrogen) atoms. The van der Waals surface area contributed by atoms with Crippen LogP contribution < -0.4 is 9.80 Å². The summed E-state index contributed by atoms with van der Waals surface area (Å²) in [7, 11) is 0. The number of rotatable bonds is 6. The Labute approximate surface area is 288 Å². The lowest BCUT2D eigenvalue weighted by atomic mass is 9.79. The number of hydrogen-bond acceptors (Lipinski definition) is 2. The van der Waals surface area contributed by atoms with Crippen LogP contribution in [0.2, 0.25) is 0 Å². The molecule has 2 heteroatoms. The average Bonchev–Trinajstić information content (AvgIpc) is 3.38. The number of benzene rings is 7. The van der Waals surface area contributed by atoms with Gasteiger partial charge in [0.05, 0.1) is 11.7 Å². The molecule has 236 valence electrons. The molecule has 9 rings (SSSR count). The molecule has 0 spiro atoms. The predicted octanol–water partition coefficient (Wildman–Crippen LogP) is 12.7. The number of fused-ring (bicyclic) bond motifs is 4. The Balaban J connectivity index is 1.18. The van der Waals surface area contributed by atoms with Crippen LogP contribution in [0.5, 0.6) is 0 Å². The molecule has 7 aromatic rings. The van der Waals surface area contributed by atoms with Crippen LogP contribution in [-0.2, 0) is 5.41 Å². The van der Waals surface area contributed by atoms with Crippen molar-refractivity contribution < 1.29 is 0 Å². The summed E-state index contributed by atoms with van der Waals surface area (Å²) in [4.78, 5) is 4.97. The predicted molar refractivity (Wildman–Crippen MR) is 209 cm³/mol. The van der Waals surface area contributed by atoms with Crippen molar-refractivity contribution in [2.24, 2.45) is 0 Å². The van der Waals surface area contributed by atoms with Gasteiger partial charge in [-0.15, -0.1) is 0 Å². The number of hydrogen-bond donors (Lipinski definition) is 0. The number of anilines is 5. The van der Waals surface area contributed by atoms with Gasteiger partial charge in [0.1, 0.15) is 0 Å². The summed E-state index contributed by atoms with van der Waals surface area (Å²) in [5.74, 6) is 0. The smallest absolute Gasteiger partial charge is 0.0566 e. The summed E-state index contributed by atoms with van der Waals surface area (Å²) in [6.45, 7) is 4.77. The monoisotopic (exact) mass is 630 g/mol. The Morgan fingerprint density at radius 1 is 0.531 bits per heavy atom. The third-order valence-corrected chi connectivity index (χ3v) is 10.6. The molecular formula is C47H38N2. The highest BCUT2D eigenvalue weighted by molar-refractivity contribution is 6.00. The lowest BCUT2D eigenvalue weighted by molar-refractivity contribution is 0.648. The van der Waals surface area contributed by atoms with Gasteiger partial charge in [-0.1, -0.05) is 141 Å². The number of allylic oxidation sites excluding steroid dienone is 2. The van der Waals surface area contributed by atoms with Crippen molar-refractivity contribution in [2.45, 2.75) is 31.7 Å². The Bertz CT molecular complexity index is 2390. The molecule has 0 saturated carbocycles. The zero-order chi connectivity index (χ0) is 33.0. The topological polar surface area (TPSA) is 6.48 Å². The van der Waals surface area contributed by atoms with Crippen LogP contribution in [0.4, 0.5) is 28.4 Å². The molecule has 0 saturated heterocycles. The first-order chi connectivity index (χ1) is 24.1. The third-order valence-electron chi connectivity index (χ3n) is 10.6. The van der Waals surface area contributed by atoms with Gasteiger partial charge in [-0.2, -0.15) is 0 Å². The van der Waals surface area contributed by atoms with E-state index in [1.165, 1.54) is 66.6 Å². The Morgan fingerprint density at radius 3 is 1.80 bits per heavy atom. The maximum atomic E-state index is 2.55. The summed E-state index contributed by atoms with van der Waals surface area (Å²) in [6.07, 6.45) is 5.78. The molecule has 0 radical (unpaired) electrons. The maximum absolute atomic E-state index is 2.55. The number of nitrogens with zero attached hydrogens (tertiary/aromatic N) is 2. The molecule has 2 aliphatic carbocycles. The molecule has 1 unspecified atom stereocenters. The minimum Gasteiger partial charge on any atom is -0.334 e. The normalized spacial score (nSPS) is 16.1. The van der Waals surface area contributed by atoms with Gasteiger partial charge in [0.15, 0.2) is 0 Å². The minimum absolute atomic E-state index is 0.0846. The van der Waals surface area contributed by atoms with Crippen molar-refractivity contribution >= 4 is 55.6 Å². The highest BCUT2D eigenvalue weighted by Crippen LogP contribution is 2.53. The van der Waals surface area contributed by atoms with Gasteiger partial charge in [0.25, 0.3) is 0 Å². The molecule has 7 aromatic carbocycles. The first-order valence-corrected chi connectivity index (χ1v) is 17.3. The van der Waals surface area contributed by atoms with E-state index < -0.39 is 0 Å². The van der Waals surface area contributed by atoms with Gasteiger partial charge in [-0.05, 0) is 88.0 Å². The van der Waals surface area contributed by atoms with E-state index in [0.29, 0.717) is 0 Å². The molecule has 1 atom stereocenters. The van der Waals surface area contributed by atoms with Gasteiger partial charge < -0.3 is 9.80 Å². The zero-order valence-corrected chi connectivity index (χ0v) is 27.9. The average molecular weight is 631 g/mol. The fourth-order valence-corrected chi connectivity index (χ4v) is 8.25. The van der Waals surface area contributed by atoms with Crippen LogP contribution in [0.25, 0.3) is 27.1 Å². The van der Waals surface area contributed by atoms with Crippen LogP contribution in [0.3, 0.4) is 0 Å². The second-order valence-corrected chi connectivity index (χ2v) is 13.8.